The maximum atomic E-state index is 13.9. The lowest BCUT2D eigenvalue weighted by molar-refractivity contribution is 0.0555. The number of hydrogen-bond acceptors (Lipinski definition) is 3. The third-order valence-corrected chi connectivity index (χ3v) is 5.29. The van der Waals surface area contributed by atoms with Crippen LogP contribution in [0.1, 0.15) is 43.0 Å². The summed E-state index contributed by atoms with van der Waals surface area (Å²) < 4.78 is 13.9. The third kappa shape index (κ3) is 2.79. The Kier molecular flexibility index (Phi) is 4.00. The Bertz CT molecular complexity index is 747. The topological polar surface area (TPSA) is 52.2 Å². The van der Waals surface area contributed by atoms with E-state index in [0.717, 1.165) is 45.3 Å². The highest BCUT2D eigenvalue weighted by atomic mass is 19.1. The summed E-state index contributed by atoms with van der Waals surface area (Å²) in [5, 5.41) is 0. The summed E-state index contributed by atoms with van der Waals surface area (Å²) in [7, 11) is 0. The minimum atomic E-state index is -0.397. The summed E-state index contributed by atoms with van der Waals surface area (Å²) in [4.78, 5) is 24.8. The van der Waals surface area contributed by atoms with Crippen molar-refractivity contribution in [1.82, 2.24) is 19.8 Å². The largest absolute Gasteiger partial charge is 0.344 e. The molecule has 6 heteroatoms. The second-order valence-corrected chi connectivity index (χ2v) is 6.86. The van der Waals surface area contributed by atoms with Crippen LogP contribution in [0.5, 0.6) is 0 Å². The first-order chi connectivity index (χ1) is 11.7. The van der Waals surface area contributed by atoms with Gasteiger partial charge in [-0.15, -0.1) is 0 Å². The van der Waals surface area contributed by atoms with Crippen LogP contribution in [0.3, 0.4) is 0 Å². The van der Waals surface area contributed by atoms with Crippen molar-refractivity contribution < 1.29 is 9.18 Å². The summed E-state index contributed by atoms with van der Waals surface area (Å²) in [5.74, 6) is -0.462. The number of piperidine rings is 1. The highest BCUT2D eigenvalue weighted by Gasteiger charge is 2.39. The Morgan fingerprint density at radius 1 is 1.29 bits per heavy atom. The van der Waals surface area contributed by atoms with E-state index in [1.54, 1.807) is 0 Å². The first kappa shape index (κ1) is 15.6. The highest BCUT2D eigenvalue weighted by Crippen LogP contribution is 2.34. The van der Waals surface area contributed by atoms with Gasteiger partial charge in [0.05, 0.1) is 17.4 Å². The predicted molar refractivity (Wildman–Crippen MR) is 90.4 cm³/mol. The summed E-state index contributed by atoms with van der Waals surface area (Å²) in [6.07, 6.45) is 5.61. The number of carbonyl (C=O) groups is 1. The number of carbonyl (C=O) groups excluding carboxylic acids is 1. The van der Waals surface area contributed by atoms with Crippen LogP contribution in [-0.4, -0.2) is 57.4 Å². The quantitative estimate of drug-likeness (QED) is 0.938. The number of rotatable bonds is 4. The molecule has 2 aliphatic rings. The van der Waals surface area contributed by atoms with Gasteiger partial charge < -0.3 is 14.8 Å². The molecule has 0 spiro atoms. The second kappa shape index (κ2) is 6.16. The van der Waals surface area contributed by atoms with Crippen molar-refractivity contribution in [3.63, 3.8) is 0 Å². The van der Waals surface area contributed by atoms with E-state index >= 15 is 0 Å². The lowest BCUT2D eigenvalue weighted by atomic mass is 10.0. The van der Waals surface area contributed by atoms with E-state index in [2.05, 4.69) is 21.8 Å². The zero-order valence-electron chi connectivity index (χ0n) is 14.0. The van der Waals surface area contributed by atoms with E-state index in [-0.39, 0.29) is 11.9 Å². The predicted octanol–water partition coefficient (Wildman–Crippen LogP) is 2.79. The molecule has 24 heavy (non-hydrogen) atoms. The van der Waals surface area contributed by atoms with Gasteiger partial charge in [-0.1, -0.05) is 6.92 Å². The molecule has 1 aliphatic carbocycles. The van der Waals surface area contributed by atoms with Gasteiger partial charge in [-0.2, -0.15) is 0 Å². The van der Waals surface area contributed by atoms with Crippen LogP contribution in [0.25, 0.3) is 11.0 Å². The van der Waals surface area contributed by atoms with E-state index in [4.69, 9.17) is 0 Å². The fraction of sp³-hybridized carbons (Fsp3) is 0.556. The van der Waals surface area contributed by atoms with Crippen LogP contribution >= 0.6 is 0 Å². The number of nitrogens with one attached hydrogen (secondary N) is 1. The van der Waals surface area contributed by atoms with Crippen molar-refractivity contribution >= 4 is 16.9 Å². The summed E-state index contributed by atoms with van der Waals surface area (Å²) in [6.45, 7) is 5.28. The first-order valence-corrected chi connectivity index (χ1v) is 8.85. The molecule has 0 atom stereocenters. The van der Waals surface area contributed by atoms with E-state index in [1.165, 1.54) is 18.5 Å². The van der Waals surface area contributed by atoms with Crippen LogP contribution in [0.15, 0.2) is 18.5 Å². The molecule has 128 valence electrons. The molecule has 2 aromatic rings. The molecule has 1 aromatic heterocycles. The van der Waals surface area contributed by atoms with E-state index in [0.29, 0.717) is 22.6 Å². The second-order valence-electron chi connectivity index (χ2n) is 6.86. The fourth-order valence-electron chi connectivity index (χ4n) is 3.81. The lowest BCUT2D eigenvalue weighted by Crippen LogP contribution is -2.48. The Morgan fingerprint density at radius 2 is 2.00 bits per heavy atom. The minimum absolute atomic E-state index is 0.0657. The first-order valence-electron chi connectivity index (χ1n) is 8.85. The number of benzene rings is 1. The van der Waals surface area contributed by atoms with Crippen LogP contribution in [0.2, 0.25) is 0 Å². The van der Waals surface area contributed by atoms with Crippen molar-refractivity contribution in [1.29, 1.82) is 0 Å². The third-order valence-electron chi connectivity index (χ3n) is 5.29. The van der Waals surface area contributed by atoms with E-state index < -0.39 is 5.82 Å². The van der Waals surface area contributed by atoms with E-state index in [9.17, 15) is 9.18 Å². The Labute approximate surface area is 140 Å². The number of amides is 1. The Morgan fingerprint density at radius 3 is 2.67 bits per heavy atom. The molecule has 1 aromatic carbocycles. The van der Waals surface area contributed by atoms with Gasteiger partial charge in [0.25, 0.3) is 5.91 Å². The molecule has 4 rings (SSSR count). The standard InChI is InChI=1S/C18H23FN4O/c1-2-22-7-5-14(6-8-22)23(13-3-4-13)18(24)15-9-12(19)10-16-17(15)21-11-20-16/h9-11,13-14H,2-8H2,1H3,(H,20,21). The smallest absolute Gasteiger partial charge is 0.256 e. The van der Waals surface area contributed by atoms with Crippen molar-refractivity contribution in [3.05, 3.63) is 29.8 Å². The minimum Gasteiger partial charge on any atom is -0.344 e. The number of fused-ring (bicyclic) bond motifs is 1. The van der Waals surface area contributed by atoms with Gasteiger partial charge in [0.15, 0.2) is 0 Å². The summed E-state index contributed by atoms with van der Waals surface area (Å²) >= 11 is 0. The number of hydrogen-bond donors (Lipinski definition) is 1. The molecule has 5 nitrogen and oxygen atoms in total. The zero-order valence-corrected chi connectivity index (χ0v) is 14.0. The van der Waals surface area contributed by atoms with Gasteiger partial charge >= 0.3 is 0 Å². The number of nitrogens with zero attached hydrogens (tertiary/aromatic N) is 3. The molecule has 0 unspecified atom stereocenters. The molecular formula is C18H23FN4O. The maximum Gasteiger partial charge on any atom is 0.256 e. The monoisotopic (exact) mass is 330 g/mol. The molecule has 2 heterocycles. The number of imidazole rings is 1. The van der Waals surface area contributed by atoms with Gasteiger partial charge in [-0.05, 0) is 44.4 Å². The van der Waals surface area contributed by atoms with Crippen molar-refractivity contribution in [2.75, 3.05) is 19.6 Å². The Balaban J connectivity index is 1.64. The average molecular weight is 330 g/mol. The van der Waals surface area contributed by atoms with Crippen LogP contribution in [0, 0.1) is 5.82 Å². The molecule has 1 saturated heterocycles. The Hall–Kier alpha value is -1.95. The van der Waals surface area contributed by atoms with Crippen LogP contribution in [-0.2, 0) is 0 Å². The number of likely N-dealkylation sites (tertiary alicyclic amines) is 1. The molecule has 1 amide bonds. The maximum absolute atomic E-state index is 13.9. The van der Waals surface area contributed by atoms with Crippen molar-refractivity contribution in [3.8, 4) is 0 Å². The molecule has 2 fully saturated rings. The van der Waals surface area contributed by atoms with Gasteiger partial charge in [0.2, 0.25) is 0 Å². The highest BCUT2D eigenvalue weighted by molar-refractivity contribution is 6.05. The zero-order chi connectivity index (χ0) is 16.7. The molecule has 1 N–H and O–H groups in total. The van der Waals surface area contributed by atoms with Crippen LogP contribution in [0.4, 0.5) is 4.39 Å². The van der Waals surface area contributed by atoms with Crippen molar-refractivity contribution in [2.24, 2.45) is 0 Å². The number of aromatic amines is 1. The molecule has 1 aliphatic heterocycles. The van der Waals surface area contributed by atoms with Crippen molar-refractivity contribution in [2.45, 2.75) is 44.7 Å². The summed E-state index contributed by atoms with van der Waals surface area (Å²) in [5.41, 5.74) is 1.53. The van der Waals surface area contributed by atoms with Gasteiger partial charge in [-0.25, -0.2) is 9.37 Å². The molecule has 1 saturated carbocycles. The molecule has 0 bridgehead atoms. The summed E-state index contributed by atoms with van der Waals surface area (Å²) in [6, 6.07) is 3.29. The SMILES string of the molecule is CCN1CCC(N(C(=O)c2cc(F)cc3[nH]cnc23)C2CC2)CC1. The average Bonchev–Trinajstić information content (AvgIpc) is 3.31. The van der Waals surface area contributed by atoms with Gasteiger partial charge in [0.1, 0.15) is 11.3 Å². The van der Waals surface area contributed by atoms with Gasteiger partial charge in [0, 0.05) is 25.2 Å². The molecular weight excluding hydrogens is 307 g/mol. The van der Waals surface area contributed by atoms with Crippen LogP contribution < -0.4 is 0 Å². The fourth-order valence-corrected chi connectivity index (χ4v) is 3.81. The van der Waals surface area contributed by atoms with Gasteiger partial charge in [-0.3, -0.25) is 4.79 Å². The van der Waals surface area contributed by atoms with E-state index in [1.807, 2.05) is 4.90 Å². The number of halogens is 1. The number of aromatic nitrogens is 2. The molecule has 0 radical (unpaired) electrons. The normalized spacial score (nSPS) is 19.8. The lowest BCUT2D eigenvalue weighted by Gasteiger charge is -2.38. The number of H-pyrrole nitrogens is 1.